The van der Waals surface area contributed by atoms with Crippen LogP contribution in [0.1, 0.15) is 36.7 Å². The van der Waals surface area contributed by atoms with Gasteiger partial charge in [0, 0.05) is 18.1 Å². The van der Waals surface area contributed by atoms with Crippen LogP contribution in [0.3, 0.4) is 0 Å². The standard InChI is InChI=1S/C16H25ClN2O2/c1-5-12-10-15(21-4)13(11-14(12)17)16(20)18-8-9-19(6-2)7-3/h10-11H,5-9H2,1-4H3,(H,18,20). The average molecular weight is 313 g/mol. The van der Waals surface area contributed by atoms with Crippen LogP contribution in [0.4, 0.5) is 0 Å². The quantitative estimate of drug-likeness (QED) is 0.802. The topological polar surface area (TPSA) is 41.6 Å². The van der Waals surface area contributed by atoms with Crippen molar-refractivity contribution in [3.05, 3.63) is 28.3 Å². The first kappa shape index (κ1) is 17.8. The van der Waals surface area contributed by atoms with Gasteiger partial charge in [-0.05, 0) is 37.2 Å². The van der Waals surface area contributed by atoms with Crippen molar-refractivity contribution in [3.8, 4) is 5.75 Å². The van der Waals surface area contributed by atoms with Gasteiger partial charge in [-0.15, -0.1) is 0 Å². The summed E-state index contributed by atoms with van der Waals surface area (Å²) in [5.41, 5.74) is 1.47. The maximum absolute atomic E-state index is 12.3. The number of halogens is 1. The Hall–Kier alpha value is -1.26. The number of rotatable bonds is 8. The molecule has 1 aromatic carbocycles. The Morgan fingerprint density at radius 1 is 1.29 bits per heavy atom. The fourth-order valence-corrected chi connectivity index (χ4v) is 2.47. The van der Waals surface area contributed by atoms with Crippen LogP contribution in [-0.4, -0.2) is 44.1 Å². The van der Waals surface area contributed by atoms with Gasteiger partial charge in [0.15, 0.2) is 0 Å². The fourth-order valence-electron chi connectivity index (χ4n) is 2.18. The molecule has 0 atom stereocenters. The van der Waals surface area contributed by atoms with Crippen LogP contribution in [-0.2, 0) is 6.42 Å². The number of hydrogen-bond donors (Lipinski definition) is 1. The maximum atomic E-state index is 12.3. The summed E-state index contributed by atoms with van der Waals surface area (Å²) in [6, 6.07) is 3.52. The predicted molar refractivity (Wildman–Crippen MR) is 87.5 cm³/mol. The monoisotopic (exact) mass is 312 g/mol. The van der Waals surface area contributed by atoms with E-state index in [2.05, 4.69) is 24.1 Å². The SMILES string of the molecule is CCc1cc(OC)c(C(=O)NCCN(CC)CC)cc1Cl. The molecule has 0 spiro atoms. The molecule has 118 valence electrons. The summed E-state index contributed by atoms with van der Waals surface area (Å²) in [6.45, 7) is 9.64. The highest BCUT2D eigenvalue weighted by molar-refractivity contribution is 6.31. The molecule has 0 fully saturated rings. The summed E-state index contributed by atoms with van der Waals surface area (Å²) in [4.78, 5) is 14.5. The summed E-state index contributed by atoms with van der Waals surface area (Å²) in [5, 5.41) is 3.52. The Bertz CT molecular complexity index is 474. The maximum Gasteiger partial charge on any atom is 0.255 e. The largest absolute Gasteiger partial charge is 0.496 e. The molecule has 1 N–H and O–H groups in total. The second kappa shape index (κ2) is 8.90. The second-order valence-corrected chi connectivity index (χ2v) is 5.19. The highest BCUT2D eigenvalue weighted by Crippen LogP contribution is 2.27. The predicted octanol–water partition coefficient (Wildman–Crippen LogP) is 2.98. The van der Waals surface area contributed by atoms with Crippen molar-refractivity contribution in [1.29, 1.82) is 0 Å². The lowest BCUT2D eigenvalue weighted by molar-refractivity contribution is 0.0946. The molecule has 0 saturated carbocycles. The van der Waals surface area contributed by atoms with Crippen molar-refractivity contribution in [3.63, 3.8) is 0 Å². The zero-order valence-electron chi connectivity index (χ0n) is 13.3. The number of amides is 1. The van der Waals surface area contributed by atoms with Gasteiger partial charge in [0.1, 0.15) is 5.75 Å². The second-order valence-electron chi connectivity index (χ2n) is 4.78. The number of carbonyl (C=O) groups is 1. The minimum atomic E-state index is -0.149. The molecule has 4 nitrogen and oxygen atoms in total. The molecule has 21 heavy (non-hydrogen) atoms. The summed E-state index contributed by atoms with van der Waals surface area (Å²) >= 11 is 6.19. The molecule has 0 unspecified atom stereocenters. The number of ether oxygens (including phenoxy) is 1. The normalized spacial score (nSPS) is 10.8. The third kappa shape index (κ3) is 4.90. The highest BCUT2D eigenvalue weighted by Gasteiger charge is 2.15. The summed E-state index contributed by atoms with van der Waals surface area (Å²) < 4.78 is 5.30. The number of likely N-dealkylation sites (N-methyl/N-ethyl adjacent to an activating group) is 1. The fraction of sp³-hybridized carbons (Fsp3) is 0.562. The van der Waals surface area contributed by atoms with Crippen LogP contribution >= 0.6 is 11.6 Å². The molecule has 1 amide bonds. The van der Waals surface area contributed by atoms with Crippen molar-refractivity contribution < 1.29 is 9.53 Å². The van der Waals surface area contributed by atoms with Gasteiger partial charge < -0.3 is 15.0 Å². The Morgan fingerprint density at radius 2 is 1.95 bits per heavy atom. The van der Waals surface area contributed by atoms with E-state index in [-0.39, 0.29) is 5.91 Å². The zero-order chi connectivity index (χ0) is 15.8. The molecule has 0 radical (unpaired) electrons. The molecule has 0 aromatic heterocycles. The van der Waals surface area contributed by atoms with E-state index in [1.54, 1.807) is 13.2 Å². The molecular formula is C16H25ClN2O2. The van der Waals surface area contributed by atoms with E-state index in [0.717, 1.165) is 31.6 Å². The van der Waals surface area contributed by atoms with Crippen molar-refractivity contribution >= 4 is 17.5 Å². The van der Waals surface area contributed by atoms with Gasteiger partial charge >= 0.3 is 0 Å². The van der Waals surface area contributed by atoms with Gasteiger partial charge in [0.2, 0.25) is 0 Å². The molecule has 0 bridgehead atoms. The zero-order valence-corrected chi connectivity index (χ0v) is 14.1. The number of hydrogen-bond acceptors (Lipinski definition) is 3. The van der Waals surface area contributed by atoms with Crippen molar-refractivity contribution in [2.45, 2.75) is 27.2 Å². The Kier molecular flexibility index (Phi) is 7.54. The van der Waals surface area contributed by atoms with Crippen LogP contribution in [0.5, 0.6) is 5.75 Å². The minimum absolute atomic E-state index is 0.149. The lowest BCUT2D eigenvalue weighted by Crippen LogP contribution is -2.34. The Balaban J connectivity index is 2.75. The molecule has 0 aliphatic heterocycles. The molecule has 5 heteroatoms. The first-order valence-electron chi connectivity index (χ1n) is 7.44. The van der Waals surface area contributed by atoms with Gasteiger partial charge in [-0.1, -0.05) is 32.4 Å². The number of nitrogens with zero attached hydrogens (tertiary/aromatic N) is 1. The first-order valence-corrected chi connectivity index (χ1v) is 7.82. The van der Waals surface area contributed by atoms with Crippen molar-refractivity contribution in [2.75, 3.05) is 33.3 Å². The van der Waals surface area contributed by atoms with Crippen LogP contribution in [0.2, 0.25) is 5.02 Å². The van der Waals surface area contributed by atoms with E-state index in [9.17, 15) is 4.79 Å². The van der Waals surface area contributed by atoms with Gasteiger partial charge in [-0.2, -0.15) is 0 Å². The summed E-state index contributed by atoms with van der Waals surface area (Å²) in [6.07, 6.45) is 0.805. The third-order valence-electron chi connectivity index (χ3n) is 3.60. The lowest BCUT2D eigenvalue weighted by Gasteiger charge is -2.18. The molecule has 1 aromatic rings. The van der Waals surface area contributed by atoms with E-state index >= 15 is 0 Å². The number of benzene rings is 1. The van der Waals surface area contributed by atoms with Gasteiger partial charge in [0.05, 0.1) is 12.7 Å². The van der Waals surface area contributed by atoms with Crippen molar-refractivity contribution in [1.82, 2.24) is 10.2 Å². The smallest absolute Gasteiger partial charge is 0.255 e. The van der Waals surface area contributed by atoms with Gasteiger partial charge in [-0.25, -0.2) is 0 Å². The van der Waals surface area contributed by atoms with Crippen LogP contribution < -0.4 is 10.1 Å². The van der Waals surface area contributed by atoms with Crippen molar-refractivity contribution in [2.24, 2.45) is 0 Å². The third-order valence-corrected chi connectivity index (χ3v) is 3.95. The van der Waals surface area contributed by atoms with E-state index < -0.39 is 0 Å². The number of nitrogens with one attached hydrogen (secondary N) is 1. The highest BCUT2D eigenvalue weighted by atomic mass is 35.5. The molecule has 0 aliphatic rings. The Morgan fingerprint density at radius 3 is 2.48 bits per heavy atom. The number of carbonyl (C=O) groups excluding carboxylic acids is 1. The van der Waals surface area contributed by atoms with Crippen LogP contribution in [0, 0.1) is 0 Å². The van der Waals surface area contributed by atoms with E-state index in [0.29, 0.717) is 22.9 Å². The number of aryl methyl sites for hydroxylation is 1. The van der Waals surface area contributed by atoms with E-state index in [1.165, 1.54) is 0 Å². The molecule has 0 saturated heterocycles. The van der Waals surface area contributed by atoms with E-state index in [4.69, 9.17) is 16.3 Å². The average Bonchev–Trinajstić information content (AvgIpc) is 2.51. The molecule has 0 aliphatic carbocycles. The summed E-state index contributed by atoms with van der Waals surface area (Å²) in [5.74, 6) is 0.417. The van der Waals surface area contributed by atoms with E-state index in [1.807, 2.05) is 13.0 Å². The molecule has 1 rings (SSSR count). The Labute approximate surface area is 132 Å². The van der Waals surface area contributed by atoms with Gasteiger partial charge in [-0.3, -0.25) is 4.79 Å². The van der Waals surface area contributed by atoms with Crippen LogP contribution in [0.25, 0.3) is 0 Å². The van der Waals surface area contributed by atoms with Gasteiger partial charge in [0.25, 0.3) is 5.91 Å². The summed E-state index contributed by atoms with van der Waals surface area (Å²) in [7, 11) is 1.56. The number of methoxy groups -OCH3 is 1. The minimum Gasteiger partial charge on any atom is -0.496 e. The molecular weight excluding hydrogens is 288 g/mol. The lowest BCUT2D eigenvalue weighted by atomic mass is 10.1. The van der Waals surface area contributed by atoms with Crippen LogP contribution in [0.15, 0.2) is 12.1 Å². The molecule has 0 heterocycles. The first-order chi connectivity index (χ1) is 10.1.